The van der Waals surface area contributed by atoms with Crippen molar-refractivity contribution in [3.8, 4) is 11.1 Å². The minimum absolute atomic E-state index is 0.422. The molecule has 0 nitrogen and oxygen atoms in total. The van der Waals surface area contributed by atoms with Crippen LogP contribution in [0.25, 0.3) is 32.7 Å². The summed E-state index contributed by atoms with van der Waals surface area (Å²) in [6.45, 7) is 2.32. The molecule has 140 valence electrons. The fourth-order valence-electron chi connectivity index (χ4n) is 4.31. The molecule has 0 N–H and O–H groups in total. The van der Waals surface area contributed by atoms with Gasteiger partial charge in [-0.25, -0.2) is 0 Å². The lowest BCUT2D eigenvalue weighted by Crippen LogP contribution is -2.16. The first-order chi connectivity index (χ1) is 14.4. The second-order valence-corrected chi connectivity index (χ2v) is 9.77. The van der Waals surface area contributed by atoms with Crippen molar-refractivity contribution in [3.63, 3.8) is 0 Å². The van der Waals surface area contributed by atoms with Gasteiger partial charge in [-0.1, -0.05) is 116 Å². The predicted octanol–water partition coefficient (Wildman–Crippen LogP) is 7.11. The van der Waals surface area contributed by atoms with Crippen LogP contribution in [0.2, 0.25) is 0 Å². The van der Waals surface area contributed by atoms with Crippen molar-refractivity contribution in [1.82, 2.24) is 0 Å². The summed E-state index contributed by atoms with van der Waals surface area (Å²) >= 11 is 0. The van der Waals surface area contributed by atoms with Crippen LogP contribution in [0, 0.1) is 0 Å². The molecular formula is C28H23P. The van der Waals surface area contributed by atoms with E-state index in [2.05, 4.69) is 116 Å². The van der Waals surface area contributed by atoms with Crippen molar-refractivity contribution in [3.05, 3.63) is 109 Å². The van der Waals surface area contributed by atoms with E-state index in [1.54, 1.807) is 0 Å². The first-order valence-electron chi connectivity index (χ1n) is 10.2. The van der Waals surface area contributed by atoms with Gasteiger partial charge in [-0.05, 0) is 57.4 Å². The van der Waals surface area contributed by atoms with Crippen molar-refractivity contribution >= 4 is 40.1 Å². The zero-order valence-corrected chi connectivity index (χ0v) is 17.4. The van der Waals surface area contributed by atoms with Crippen LogP contribution in [-0.4, -0.2) is 6.16 Å². The van der Waals surface area contributed by atoms with Crippen LogP contribution >= 0.6 is 7.92 Å². The van der Waals surface area contributed by atoms with Gasteiger partial charge < -0.3 is 0 Å². The van der Waals surface area contributed by atoms with E-state index in [0.717, 1.165) is 6.16 Å². The number of hydrogen-bond acceptors (Lipinski definition) is 0. The summed E-state index contributed by atoms with van der Waals surface area (Å²) < 4.78 is 0. The van der Waals surface area contributed by atoms with E-state index in [1.807, 2.05) is 0 Å². The highest BCUT2D eigenvalue weighted by Gasteiger charge is 2.19. The second-order valence-electron chi connectivity index (χ2n) is 7.29. The monoisotopic (exact) mass is 390 g/mol. The molecule has 0 saturated carbocycles. The molecule has 5 aromatic rings. The van der Waals surface area contributed by atoms with Crippen LogP contribution in [0.1, 0.15) is 6.92 Å². The van der Waals surface area contributed by atoms with Gasteiger partial charge in [-0.15, -0.1) is 0 Å². The molecule has 1 atom stereocenters. The van der Waals surface area contributed by atoms with Gasteiger partial charge in [0, 0.05) is 0 Å². The van der Waals surface area contributed by atoms with E-state index >= 15 is 0 Å². The highest BCUT2D eigenvalue weighted by Crippen LogP contribution is 2.42. The molecule has 0 heterocycles. The quantitative estimate of drug-likeness (QED) is 0.287. The molecule has 0 aliphatic rings. The molecule has 0 aliphatic carbocycles. The summed E-state index contributed by atoms with van der Waals surface area (Å²) in [5.74, 6) is 0. The molecule has 5 rings (SSSR count). The Morgan fingerprint density at radius 1 is 0.552 bits per heavy atom. The molecule has 1 heteroatoms. The molecule has 0 amide bonds. The molecule has 5 aromatic carbocycles. The molecule has 29 heavy (non-hydrogen) atoms. The molecule has 0 fully saturated rings. The van der Waals surface area contributed by atoms with Crippen LogP contribution < -0.4 is 10.6 Å². The minimum atomic E-state index is -0.422. The Labute approximate surface area is 173 Å². The zero-order valence-electron chi connectivity index (χ0n) is 16.5. The van der Waals surface area contributed by atoms with E-state index < -0.39 is 7.92 Å². The Bertz CT molecular complexity index is 1280. The Kier molecular flexibility index (Phi) is 4.88. The van der Waals surface area contributed by atoms with Crippen molar-refractivity contribution in [2.24, 2.45) is 0 Å². The van der Waals surface area contributed by atoms with Crippen LogP contribution in [0.5, 0.6) is 0 Å². The molecule has 0 saturated heterocycles. The summed E-state index contributed by atoms with van der Waals surface area (Å²) in [5.41, 5.74) is 2.74. The van der Waals surface area contributed by atoms with Gasteiger partial charge in [0.2, 0.25) is 0 Å². The maximum absolute atomic E-state index is 2.38. The standard InChI is InChI=1S/C28H23P/c1-2-29(23-14-4-3-5-15-23)27-20-19-22-12-7-9-17-25(22)28(27)26-18-10-13-21-11-6-8-16-24(21)26/h3-20H,2H2,1H3. The van der Waals surface area contributed by atoms with Crippen molar-refractivity contribution in [2.75, 3.05) is 6.16 Å². The largest absolute Gasteiger partial charge is 0.0622 e. The first-order valence-corrected chi connectivity index (χ1v) is 11.7. The number of benzene rings is 5. The Morgan fingerprint density at radius 2 is 1.17 bits per heavy atom. The highest BCUT2D eigenvalue weighted by molar-refractivity contribution is 7.73. The average molecular weight is 390 g/mol. The van der Waals surface area contributed by atoms with Gasteiger partial charge in [0.05, 0.1) is 0 Å². The summed E-state index contributed by atoms with van der Waals surface area (Å²) in [5, 5.41) is 8.19. The molecule has 1 unspecified atom stereocenters. The zero-order chi connectivity index (χ0) is 19.6. The smallest absolute Gasteiger partial charge is 0.00188 e. The van der Waals surface area contributed by atoms with Gasteiger partial charge in [-0.2, -0.15) is 0 Å². The summed E-state index contributed by atoms with van der Waals surface area (Å²) in [6, 6.07) is 39.9. The molecule has 0 bridgehead atoms. The van der Waals surface area contributed by atoms with Crippen LogP contribution in [0.15, 0.2) is 109 Å². The Balaban J connectivity index is 1.87. The van der Waals surface area contributed by atoms with Crippen LogP contribution in [0.4, 0.5) is 0 Å². The normalized spacial score (nSPS) is 12.3. The van der Waals surface area contributed by atoms with E-state index in [-0.39, 0.29) is 0 Å². The van der Waals surface area contributed by atoms with E-state index in [4.69, 9.17) is 0 Å². The van der Waals surface area contributed by atoms with E-state index in [1.165, 1.54) is 43.3 Å². The summed E-state index contributed by atoms with van der Waals surface area (Å²) in [6.07, 6.45) is 1.13. The van der Waals surface area contributed by atoms with E-state index in [0.29, 0.717) is 0 Å². The fraction of sp³-hybridized carbons (Fsp3) is 0.0714. The molecule has 0 aromatic heterocycles. The third-order valence-electron chi connectivity index (χ3n) is 5.64. The highest BCUT2D eigenvalue weighted by atomic mass is 31.1. The molecule has 0 radical (unpaired) electrons. The second kappa shape index (κ2) is 7.82. The number of rotatable bonds is 4. The number of fused-ring (bicyclic) bond motifs is 2. The lowest BCUT2D eigenvalue weighted by Gasteiger charge is -2.23. The Hall–Kier alpha value is -2.95. The van der Waals surface area contributed by atoms with Gasteiger partial charge >= 0.3 is 0 Å². The summed E-state index contributed by atoms with van der Waals surface area (Å²) in [7, 11) is -0.422. The third kappa shape index (κ3) is 3.24. The lowest BCUT2D eigenvalue weighted by molar-refractivity contribution is 1.51. The van der Waals surface area contributed by atoms with Crippen molar-refractivity contribution in [2.45, 2.75) is 6.92 Å². The lowest BCUT2D eigenvalue weighted by atomic mass is 9.94. The minimum Gasteiger partial charge on any atom is -0.0622 e. The average Bonchev–Trinajstić information content (AvgIpc) is 2.80. The van der Waals surface area contributed by atoms with Crippen LogP contribution in [0.3, 0.4) is 0 Å². The maximum Gasteiger partial charge on any atom is -0.00188 e. The van der Waals surface area contributed by atoms with Crippen molar-refractivity contribution in [1.29, 1.82) is 0 Å². The predicted molar refractivity (Wildman–Crippen MR) is 130 cm³/mol. The van der Waals surface area contributed by atoms with E-state index in [9.17, 15) is 0 Å². The van der Waals surface area contributed by atoms with Crippen LogP contribution in [-0.2, 0) is 0 Å². The SMILES string of the molecule is CCP(c1ccccc1)c1ccc2ccccc2c1-c1cccc2ccccc12. The molecule has 0 aliphatic heterocycles. The van der Waals surface area contributed by atoms with Gasteiger partial charge in [0.25, 0.3) is 0 Å². The van der Waals surface area contributed by atoms with Crippen molar-refractivity contribution < 1.29 is 0 Å². The third-order valence-corrected chi connectivity index (χ3v) is 8.15. The maximum atomic E-state index is 2.38. The van der Waals surface area contributed by atoms with Gasteiger partial charge in [0.15, 0.2) is 0 Å². The molecular weight excluding hydrogens is 367 g/mol. The summed E-state index contributed by atoms with van der Waals surface area (Å²) in [4.78, 5) is 0. The topological polar surface area (TPSA) is 0 Å². The molecule has 0 spiro atoms. The number of hydrogen-bond donors (Lipinski definition) is 0. The van der Waals surface area contributed by atoms with Gasteiger partial charge in [-0.3, -0.25) is 0 Å². The van der Waals surface area contributed by atoms with Gasteiger partial charge in [0.1, 0.15) is 0 Å². The fourth-order valence-corrected chi connectivity index (χ4v) is 6.59. The first kappa shape index (κ1) is 18.1. The Morgan fingerprint density at radius 3 is 1.93 bits per heavy atom.